The molecule has 0 unspecified atom stereocenters. The Morgan fingerprint density at radius 3 is 2.53 bits per heavy atom. The highest BCUT2D eigenvalue weighted by molar-refractivity contribution is 5.80. The normalized spacial score (nSPS) is 12.2. The van der Waals surface area contributed by atoms with E-state index in [1.165, 1.54) is 7.11 Å². The van der Waals surface area contributed by atoms with Gasteiger partial charge in [-0.15, -0.1) is 0 Å². The second-order valence-electron chi connectivity index (χ2n) is 6.35. The Balaban J connectivity index is 3.01. The zero-order chi connectivity index (χ0) is 22.7. The average Bonchev–Trinajstić information content (AvgIpc) is 2.70. The minimum Gasteiger partial charge on any atom is -0.481 e. The van der Waals surface area contributed by atoms with Crippen LogP contribution in [-0.2, 0) is 27.1 Å². The van der Waals surface area contributed by atoms with E-state index < -0.39 is 36.3 Å². The van der Waals surface area contributed by atoms with Crippen LogP contribution < -0.4 is 15.6 Å². The van der Waals surface area contributed by atoms with E-state index in [1.807, 2.05) is 6.92 Å². The maximum Gasteiger partial charge on any atom is 0.434 e. The molecule has 0 spiro atoms. The fraction of sp³-hybridized carbons (Fsp3) is 0.647. The van der Waals surface area contributed by atoms with Gasteiger partial charge in [0.25, 0.3) is 0 Å². The maximum absolute atomic E-state index is 13.4. The van der Waals surface area contributed by atoms with Crippen LogP contribution in [0.3, 0.4) is 0 Å². The van der Waals surface area contributed by atoms with Gasteiger partial charge >= 0.3 is 6.18 Å². The van der Waals surface area contributed by atoms with Crippen LogP contribution in [0.15, 0.2) is 0 Å². The van der Waals surface area contributed by atoms with Crippen molar-refractivity contribution < 1.29 is 37.4 Å². The van der Waals surface area contributed by atoms with Gasteiger partial charge in [-0.1, -0.05) is 26.2 Å². The summed E-state index contributed by atoms with van der Waals surface area (Å²) in [6.45, 7) is 1.27. The second-order valence-corrected chi connectivity index (χ2v) is 6.35. The maximum atomic E-state index is 13.4. The van der Waals surface area contributed by atoms with Crippen LogP contribution in [0.5, 0.6) is 5.88 Å². The predicted octanol–water partition coefficient (Wildman–Crippen LogP) is 2.14. The number of anilines is 1. The number of hydroxylamine groups is 2. The number of halogens is 3. The molecule has 3 N–H and O–H groups in total. The quantitative estimate of drug-likeness (QED) is 0.185. The van der Waals surface area contributed by atoms with Gasteiger partial charge in [0.05, 0.1) is 31.7 Å². The molecule has 1 rings (SSSR count). The third-order valence-corrected chi connectivity index (χ3v) is 4.07. The molecule has 1 aromatic rings. The summed E-state index contributed by atoms with van der Waals surface area (Å²) in [4.78, 5) is 30.3. The van der Waals surface area contributed by atoms with Crippen LogP contribution in [0.25, 0.3) is 0 Å². The number of carbonyl (C=O) groups is 2. The van der Waals surface area contributed by atoms with E-state index >= 15 is 0 Å². The number of rotatable bonds is 13. The minimum atomic E-state index is -4.81. The van der Waals surface area contributed by atoms with Crippen molar-refractivity contribution in [1.82, 2.24) is 20.5 Å². The Bertz CT molecular complexity index is 705. The van der Waals surface area contributed by atoms with Gasteiger partial charge in [-0.25, -0.2) is 10.0 Å². The van der Waals surface area contributed by atoms with E-state index in [-0.39, 0.29) is 24.4 Å². The summed E-state index contributed by atoms with van der Waals surface area (Å²) < 4.78 is 49.8. The SMILES string of the molecule is CCCCC[C@H](CN(O)C=O)C(=O)NNc1nc(OC)c(COC)c(C(F)(F)F)n1. The number of ether oxygens (including phenoxy) is 2. The summed E-state index contributed by atoms with van der Waals surface area (Å²) in [5.74, 6) is -2.35. The first kappa shape index (κ1) is 25.4. The van der Waals surface area contributed by atoms with Crippen molar-refractivity contribution in [2.75, 3.05) is 26.2 Å². The average molecular weight is 437 g/mol. The molecule has 2 amide bonds. The molecule has 0 bridgehead atoms. The number of nitrogens with zero attached hydrogens (tertiary/aromatic N) is 3. The number of alkyl halides is 3. The number of methoxy groups -OCH3 is 2. The van der Waals surface area contributed by atoms with Gasteiger partial charge in [0.15, 0.2) is 5.69 Å². The lowest BCUT2D eigenvalue weighted by atomic mass is 10.0. The summed E-state index contributed by atoms with van der Waals surface area (Å²) in [6, 6.07) is 0. The van der Waals surface area contributed by atoms with Crippen molar-refractivity contribution >= 4 is 18.3 Å². The first-order valence-electron chi connectivity index (χ1n) is 9.15. The molecule has 0 aliphatic rings. The molecule has 0 aromatic carbocycles. The van der Waals surface area contributed by atoms with Crippen molar-refractivity contribution in [3.05, 3.63) is 11.3 Å². The molecule has 0 fully saturated rings. The lowest BCUT2D eigenvalue weighted by Crippen LogP contribution is -2.40. The van der Waals surface area contributed by atoms with E-state index in [0.29, 0.717) is 17.9 Å². The molecular weight excluding hydrogens is 411 g/mol. The molecule has 0 radical (unpaired) electrons. The topological polar surface area (TPSA) is 126 Å². The standard InChI is InChI=1S/C17H26F3N5O5/c1-4-5-6-7-11(8-25(28)10-26)14(27)23-24-16-21-13(17(18,19)20)12(9-29-2)15(22-16)30-3/h10-11,28H,4-9H2,1-3H3,(H,23,27)(H,21,22,24)/t11-/m1/s1. The van der Waals surface area contributed by atoms with Crippen LogP contribution in [0, 0.1) is 5.92 Å². The summed E-state index contributed by atoms with van der Waals surface area (Å²) in [6.07, 6.45) is -1.91. The third kappa shape index (κ3) is 7.63. The van der Waals surface area contributed by atoms with Crippen LogP contribution in [0.1, 0.15) is 43.9 Å². The molecule has 0 saturated heterocycles. The predicted molar refractivity (Wildman–Crippen MR) is 98.3 cm³/mol. The number of hydrazine groups is 1. The number of hydrogen-bond donors (Lipinski definition) is 3. The van der Waals surface area contributed by atoms with E-state index in [0.717, 1.165) is 20.0 Å². The highest BCUT2D eigenvalue weighted by Crippen LogP contribution is 2.35. The molecule has 0 aliphatic heterocycles. The first-order chi connectivity index (χ1) is 14.2. The summed E-state index contributed by atoms with van der Waals surface area (Å²) in [7, 11) is 2.36. The Kier molecular flexibility index (Phi) is 10.3. The van der Waals surface area contributed by atoms with Gasteiger partial charge in [0, 0.05) is 7.11 Å². The van der Waals surface area contributed by atoms with Gasteiger partial charge in [0.1, 0.15) is 0 Å². The molecule has 1 heterocycles. The van der Waals surface area contributed by atoms with Crippen molar-refractivity contribution in [3.8, 4) is 5.88 Å². The molecule has 1 aromatic heterocycles. The van der Waals surface area contributed by atoms with Gasteiger partial charge in [-0.2, -0.15) is 18.2 Å². The van der Waals surface area contributed by atoms with Gasteiger partial charge in [-0.3, -0.25) is 25.6 Å². The zero-order valence-corrected chi connectivity index (χ0v) is 17.0. The van der Waals surface area contributed by atoms with Crippen LogP contribution in [-0.4, -0.2) is 53.3 Å². The van der Waals surface area contributed by atoms with Gasteiger partial charge < -0.3 is 9.47 Å². The second kappa shape index (κ2) is 12.1. The molecule has 1 atom stereocenters. The van der Waals surface area contributed by atoms with Crippen molar-refractivity contribution in [2.45, 2.75) is 45.4 Å². The number of hydrogen-bond acceptors (Lipinski definition) is 8. The molecule has 13 heteroatoms. The summed E-state index contributed by atoms with van der Waals surface area (Å²) in [5, 5.41) is 9.71. The van der Waals surface area contributed by atoms with Gasteiger partial charge in [-0.05, 0) is 6.42 Å². The number of amides is 2. The van der Waals surface area contributed by atoms with Gasteiger partial charge in [0.2, 0.25) is 24.1 Å². The number of carbonyl (C=O) groups excluding carboxylic acids is 2. The summed E-state index contributed by atoms with van der Waals surface area (Å²) in [5.41, 5.74) is 2.79. The Morgan fingerprint density at radius 1 is 1.30 bits per heavy atom. The molecule has 10 nitrogen and oxygen atoms in total. The van der Waals surface area contributed by atoms with Crippen molar-refractivity contribution in [2.24, 2.45) is 5.92 Å². The summed E-state index contributed by atoms with van der Waals surface area (Å²) >= 11 is 0. The fourth-order valence-corrected chi connectivity index (χ4v) is 2.63. The fourth-order valence-electron chi connectivity index (χ4n) is 2.63. The van der Waals surface area contributed by atoms with E-state index in [2.05, 4.69) is 20.8 Å². The number of nitrogens with one attached hydrogen (secondary N) is 2. The lowest BCUT2D eigenvalue weighted by Gasteiger charge is -2.20. The van der Waals surface area contributed by atoms with E-state index in [1.54, 1.807) is 0 Å². The molecule has 0 saturated carbocycles. The van der Waals surface area contributed by atoms with Crippen molar-refractivity contribution in [3.63, 3.8) is 0 Å². The van der Waals surface area contributed by atoms with Crippen LogP contribution >= 0.6 is 0 Å². The zero-order valence-electron chi connectivity index (χ0n) is 17.0. The minimum absolute atomic E-state index is 0.158. The molecule has 0 aliphatic carbocycles. The Hall–Kier alpha value is -2.67. The number of unbranched alkanes of at least 4 members (excludes halogenated alkanes) is 2. The monoisotopic (exact) mass is 437 g/mol. The Morgan fingerprint density at radius 2 is 2.00 bits per heavy atom. The first-order valence-corrected chi connectivity index (χ1v) is 9.15. The van der Waals surface area contributed by atoms with E-state index in [4.69, 9.17) is 9.47 Å². The van der Waals surface area contributed by atoms with E-state index in [9.17, 15) is 28.0 Å². The molecule has 30 heavy (non-hydrogen) atoms. The highest BCUT2D eigenvalue weighted by Gasteiger charge is 2.38. The smallest absolute Gasteiger partial charge is 0.434 e. The molecular formula is C17H26F3N5O5. The van der Waals surface area contributed by atoms with Crippen LogP contribution in [0.2, 0.25) is 0 Å². The lowest BCUT2D eigenvalue weighted by molar-refractivity contribution is -0.154. The third-order valence-electron chi connectivity index (χ3n) is 4.07. The Labute approximate surface area is 171 Å². The molecule has 170 valence electrons. The highest BCUT2D eigenvalue weighted by atomic mass is 19.4. The number of aromatic nitrogens is 2. The largest absolute Gasteiger partial charge is 0.481 e. The van der Waals surface area contributed by atoms with Crippen molar-refractivity contribution in [1.29, 1.82) is 0 Å². The van der Waals surface area contributed by atoms with Crippen LogP contribution in [0.4, 0.5) is 19.1 Å².